The molecule has 1 N–H and O–H groups in total. The molecule has 0 saturated heterocycles. The molecule has 3 nitrogen and oxygen atoms in total. The van der Waals surface area contributed by atoms with Crippen LogP contribution < -0.4 is 5.32 Å². The summed E-state index contributed by atoms with van der Waals surface area (Å²) in [7, 11) is 2.16. The SMILES string of the molecule is CCC(C)(C)N(C)C(C)(C)CCNC=O. The molecule has 0 rings (SSSR count). The Balaban J connectivity index is 4.36. The van der Waals surface area contributed by atoms with Crippen LogP contribution in [-0.4, -0.2) is 36.0 Å². The van der Waals surface area contributed by atoms with Gasteiger partial charge in [-0.1, -0.05) is 6.92 Å². The van der Waals surface area contributed by atoms with Crippen molar-refractivity contribution >= 4 is 6.41 Å². The van der Waals surface area contributed by atoms with Crippen molar-refractivity contribution in [1.82, 2.24) is 10.2 Å². The highest BCUT2D eigenvalue weighted by Gasteiger charge is 2.32. The van der Waals surface area contributed by atoms with Crippen molar-refractivity contribution in [3.63, 3.8) is 0 Å². The van der Waals surface area contributed by atoms with Gasteiger partial charge in [0.1, 0.15) is 0 Å². The summed E-state index contributed by atoms with van der Waals surface area (Å²) >= 11 is 0. The molecule has 0 aromatic carbocycles. The lowest BCUT2D eigenvalue weighted by molar-refractivity contribution is -0.109. The van der Waals surface area contributed by atoms with Crippen LogP contribution in [0.5, 0.6) is 0 Å². The maximum atomic E-state index is 10.2. The first kappa shape index (κ1) is 14.4. The lowest BCUT2D eigenvalue weighted by Gasteiger charge is -2.46. The summed E-state index contributed by atoms with van der Waals surface area (Å²) in [6.45, 7) is 11.9. The molecule has 0 fully saturated rings. The molecule has 0 radical (unpaired) electrons. The van der Waals surface area contributed by atoms with E-state index in [0.717, 1.165) is 25.8 Å². The van der Waals surface area contributed by atoms with Gasteiger partial charge in [0.15, 0.2) is 0 Å². The molecule has 1 amide bonds. The topological polar surface area (TPSA) is 32.3 Å². The molecular weight excluding hydrogens is 188 g/mol. The molecule has 0 saturated carbocycles. The van der Waals surface area contributed by atoms with E-state index in [1.165, 1.54) is 0 Å². The Morgan fingerprint density at radius 2 is 1.73 bits per heavy atom. The van der Waals surface area contributed by atoms with Crippen molar-refractivity contribution in [2.75, 3.05) is 13.6 Å². The molecule has 0 aromatic rings. The number of carbonyl (C=O) groups excluding carboxylic acids is 1. The fourth-order valence-electron chi connectivity index (χ4n) is 1.66. The van der Waals surface area contributed by atoms with Crippen molar-refractivity contribution in [3.05, 3.63) is 0 Å². The monoisotopic (exact) mass is 214 g/mol. The predicted octanol–water partition coefficient (Wildman–Crippen LogP) is 2.02. The summed E-state index contributed by atoms with van der Waals surface area (Å²) in [5, 5.41) is 2.72. The highest BCUT2D eigenvalue weighted by molar-refractivity contribution is 5.45. The zero-order valence-electron chi connectivity index (χ0n) is 11.1. The first-order chi connectivity index (χ1) is 6.78. The lowest BCUT2D eigenvalue weighted by atomic mass is 9.90. The van der Waals surface area contributed by atoms with Crippen molar-refractivity contribution < 1.29 is 4.79 Å². The summed E-state index contributed by atoms with van der Waals surface area (Å²) in [4.78, 5) is 12.6. The van der Waals surface area contributed by atoms with Crippen molar-refractivity contribution in [2.24, 2.45) is 0 Å². The van der Waals surface area contributed by atoms with Gasteiger partial charge in [-0.15, -0.1) is 0 Å². The Labute approximate surface area is 94.2 Å². The Bertz CT molecular complexity index is 200. The molecule has 0 aliphatic heterocycles. The molecule has 0 spiro atoms. The van der Waals surface area contributed by atoms with E-state index in [4.69, 9.17) is 0 Å². The molecule has 0 atom stereocenters. The molecule has 0 unspecified atom stereocenters. The lowest BCUT2D eigenvalue weighted by Crippen LogP contribution is -2.53. The van der Waals surface area contributed by atoms with Crippen LogP contribution in [0.15, 0.2) is 0 Å². The standard InChI is InChI=1S/C12H26N2O/c1-7-11(2,3)14(6)12(4,5)8-9-13-10-15/h10H,7-9H2,1-6H3,(H,13,15). The van der Waals surface area contributed by atoms with Crippen molar-refractivity contribution in [2.45, 2.75) is 58.5 Å². The van der Waals surface area contributed by atoms with Gasteiger partial charge in [-0.3, -0.25) is 9.69 Å². The van der Waals surface area contributed by atoms with Gasteiger partial charge >= 0.3 is 0 Å². The third-order valence-electron chi connectivity index (χ3n) is 3.65. The minimum atomic E-state index is 0.107. The predicted molar refractivity (Wildman–Crippen MR) is 64.9 cm³/mol. The molecule has 90 valence electrons. The zero-order valence-corrected chi connectivity index (χ0v) is 11.1. The molecular formula is C12H26N2O. The third-order valence-corrected chi connectivity index (χ3v) is 3.65. The number of rotatable bonds is 7. The summed E-state index contributed by atoms with van der Waals surface area (Å²) in [5.74, 6) is 0. The van der Waals surface area contributed by atoms with E-state index >= 15 is 0 Å². The fourth-order valence-corrected chi connectivity index (χ4v) is 1.66. The molecule has 3 heteroatoms. The van der Waals surface area contributed by atoms with Gasteiger partial charge in [0, 0.05) is 17.6 Å². The second kappa shape index (κ2) is 5.50. The van der Waals surface area contributed by atoms with Crippen LogP contribution in [0.2, 0.25) is 0 Å². The van der Waals surface area contributed by atoms with E-state index in [9.17, 15) is 4.79 Å². The minimum absolute atomic E-state index is 0.107. The Morgan fingerprint density at radius 1 is 1.20 bits per heavy atom. The van der Waals surface area contributed by atoms with Gasteiger partial charge in [-0.2, -0.15) is 0 Å². The van der Waals surface area contributed by atoms with Gasteiger partial charge in [-0.05, 0) is 47.6 Å². The number of nitrogens with zero attached hydrogens (tertiary/aromatic N) is 1. The average molecular weight is 214 g/mol. The number of carbonyl (C=O) groups is 1. The average Bonchev–Trinajstić information content (AvgIpc) is 2.17. The third kappa shape index (κ3) is 4.20. The van der Waals surface area contributed by atoms with E-state index in [0.29, 0.717) is 0 Å². The van der Waals surface area contributed by atoms with Gasteiger partial charge in [-0.25, -0.2) is 0 Å². The summed E-state index contributed by atoms with van der Waals surface area (Å²) in [6.07, 6.45) is 2.85. The highest BCUT2D eigenvalue weighted by atomic mass is 16.1. The van der Waals surface area contributed by atoms with Crippen molar-refractivity contribution in [3.8, 4) is 0 Å². The normalized spacial score (nSPS) is 13.0. The fraction of sp³-hybridized carbons (Fsp3) is 0.917. The number of hydrogen-bond donors (Lipinski definition) is 1. The molecule has 0 heterocycles. The molecule has 0 aliphatic rings. The van der Waals surface area contributed by atoms with Gasteiger partial charge in [0.2, 0.25) is 6.41 Å². The molecule has 0 aliphatic carbocycles. The van der Waals surface area contributed by atoms with E-state index in [1.807, 2.05) is 0 Å². The van der Waals surface area contributed by atoms with E-state index in [-0.39, 0.29) is 11.1 Å². The van der Waals surface area contributed by atoms with Crippen LogP contribution in [-0.2, 0) is 4.79 Å². The smallest absolute Gasteiger partial charge is 0.207 e. The quantitative estimate of drug-likeness (QED) is 0.519. The van der Waals surface area contributed by atoms with Gasteiger partial charge < -0.3 is 5.32 Å². The van der Waals surface area contributed by atoms with E-state index < -0.39 is 0 Å². The summed E-state index contributed by atoms with van der Waals surface area (Å²) in [5.41, 5.74) is 0.306. The van der Waals surface area contributed by atoms with E-state index in [2.05, 4.69) is 51.9 Å². The van der Waals surface area contributed by atoms with Crippen LogP contribution in [0.3, 0.4) is 0 Å². The van der Waals surface area contributed by atoms with Crippen LogP contribution in [0.4, 0.5) is 0 Å². The Morgan fingerprint density at radius 3 is 2.13 bits per heavy atom. The van der Waals surface area contributed by atoms with Gasteiger partial charge in [0.05, 0.1) is 0 Å². The first-order valence-electron chi connectivity index (χ1n) is 5.69. The molecule has 0 aromatic heterocycles. The number of nitrogens with one attached hydrogen (secondary N) is 1. The zero-order chi connectivity index (χ0) is 12.1. The first-order valence-corrected chi connectivity index (χ1v) is 5.69. The van der Waals surface area contributed by atoms with Crippen LogP contribution in [0.25, 0.3) is 0 Å². The number of hydrogen-bond acceptors (Lipinski definition) is 2. The second-order valence-electron chi connectivity index (χ2n) is 5.36. The van der Waals surface area contributed by atoms with Crippen molar-refractivity contribution in [1.29, 1.82) is 0 Å². The van der Waals surface area contributed by atoms with Crippen LogP contribution in [0, 0.1) is 0 Å². The Kier molecular flexibility index (Phi) is 5.29. The van der Waals surface area contributed by atoms with E-state index in [1.54, 1.807) is 0 Å². The van der Waals surface area contributed by atoms with Crippen LogP contribution >= 0.6 is 0 Å². The maximum absolute atomic E-state index is 10.2. The Hall–Kier alpha value is -0.570. The largest absolute Gasteiger partial charge is 0.359 e. The van der Waals surface area contributed by atoms with Crippen LogP contribution in [0.1, 0.15) is 47.5 Å². The second-order valence-corrected chi connectivity index (χ2v) is 5.36. The highest BCUT2D eigenvalue weighted by Crippen LogP contribution is 2.27. The minimum Gasteiger partial charge on any atom is -0.359 e. The van der Waals surface area contributed by atoms with Gasteiger partial charge in [0.25, 0.3) is 0 Å². The number of amides is 1. The molecule has 15 heavy (non-hydrogen) atoms. The molecule has 0 bridgehead atoms. The summed E-state index contributed by atoms with van der Waals surface area (Å²) < 4.78 is 0. The summed E-state index contributed by atoms with van der Waals surface area (Å²) in [6, 6.07) is 0. The maximum Gasteiger partial charge on any atom is 0.207 e.